The van der Waals surface area contributed by atoms with Crippen LogP contribution in [-0.2, 0) is 22.6 Å². The van der Waals surface area contributed by atoms with Crippen LogP contribution in [-0.4, -0.2) is 56.5 Å². The third-order valence-electron chi connectivity index (χ3n) is 6.22. The molecule has 0 radical (unpaired) electrons. The minimum absolute atomic E-state index is 0.119. The fourth-order valence-corrected chi connectivity index (χ4v) is 7.01. The summed E-state index contributed by atoms with van der Waals surface area (Å²) in [5.74, 6) is 1.20. The fourth-order valence-electron chi connectivity index (χ4n) is 4.43. The standard InChI is InChI=1S/C25H28N4O3S3/c1-6-29(7-2)17(30)13-34-23-21-20(27-24(28-23)33-5)18-14-11-25(3,4)32-12-15(14)19(26-22(18)35-21)16-9-8-10-31-16/h8-10H,6-7,11-13H2,1-5H3. The highest BCUT2D eigenvalue weighted by molar-refractivity contribution is 8.00. The Kier molecular flexibility index (Phi) is 6.82. The Bertz CT molecular complexity index is 1390. The van der Waals surface area contributed by atoms with Crippen molar-refractivity contribution < 1.29 is 13.9 Å². The van der Waals surface area contributed by atoms with Crippen molar-refractivity contribution in [1.29, 1.82) is 0 Å². The van der Waals surface area contributed by atoms with Crippen LogP contribution in [0.15, 0.2) is 33.0 Å². The van der Waals surface area contributed by atoms with E-state index < -0.39 is 0 Å². The fraction of sp³-hybridized carbons (Fsp3) is 0.440. The number of fused-ring (bicyclic) bond motifs is 5. The minimum atomic E-state index is -0.293. The Morgan fingerprint density at radius 3 is 2.69 bits per heavy atom. The Morgan fingerprint density at radius 2 is 2.00 bits per heavy atom. The second-order valence-electron chi connectivity index (χ2n) is 8.95. The third-order valence-corrected chi connectivity index (χ3v) is 8.94. The largest absolute Gasteiger partial charge is 0.463 e. The number of amides is 1. The molecule has 4 aromatic heterocycles. The van der Waals surface area contributed by atoms with Crippen molar-refractivity contribution in [1.82, 2.24) is 19.9 Å². The smallest absolute Gasteiger partial charge is 0.232 e. The van der Waals surface area contributed by atoms with Crippen LogP contribution in [0.3, 0.4) is 0 Å². The first kappa shape index (κ1) is 24.5. The van der Waals surface area contributed by atoms with E-state index in [2.05, 4.69) is 13.8 Å². The Balaban J connectivity index is 1.70. The van der Waals surface area contributed by atoms with Gasteiger partial charge in [-0.3, -0.25) is 4.79 Å². The van der Waals surface area contributed by atoms with Crippen LogP contribution in [0, 0.1) is 0 Å². The molecule has 1 aliphatic rings. The highest BCUT2D eigenvalue weighted by Gasteiger charge is 2.33. The van der Waals surface area contributed by atoms with Gasteiger partial charge in [0, 0.05) is 30.5 Å². The van der Waals surface area contributed by atoms with Gasteiger partial charge in [0.25, 0.3) is 0 Å². The molecule has 0 aliphatic carbocycles. The molecule has 5 heterocycles. The molecule has 0 saturated heterocycles. The van der Waals surface area contributed by atoms with Gasteiger partial charge in [0.1, 0.15) is 15.6 Å². The molecule has 0 atom stereocenters. The van der Waals surface area contributed by atoms with E-state index in [-0.39, 0.29) is 11.5 Å². The maximum atomic E-state index is 12.7. The molecule has 35 heavy (non-hydrogen) atoms. The van der Waals surface area contributed by atoms with E-state index in [1.165, 1.54) is 29.1 Å². The second-order valence-corrected chi connectivity index (χ2v) is 11.7. The first-order valence-corrected chi connectivity index (χ1v) is 14.7. The lowest BCUT2D eigenvalue weighted by atomic mass is 9.89. The molecule has 0 aromatic carbocycles. The zero-order valence-corrected chi connectivity index (χ0v) is 23.0. The van der Waals surface area contributed by atoms with E-state index in [4.69, 9.17) is 24.1 Å². The summed E-state index contributed by atoms with van der Waals surface area (Å²) in [6.07, 6.45) is 4.40. The van der Waals surface area contributed by atoms with Crippen molar-refractivity contribution in [2.24, 2.45) is 0 Å². The molecule has 7 nitrogen and oxygen atoms in total. The third kappa shape index (κ3) is 4.57. The molecule has 0 bridgehead atoms. The number of pyridine rings is 1. The lowest BCUT2D eigenvalue weighted by molar-refractivity contribution is -0.127. The van der Waals surface area contributed by atoms with E-state index in [0.717, 1.165) is 48.9 Å². The van der Waals surface area contributed by atoms with Crippen LogP contribution in [0.4, 0.5) is 0 Å². The molecule has 1 amide bonds. The van der Waals surface area contributed by atoms with Gasteiger partial charge in [-0.2, -0.15) is 0 Å². The maximum Gasteiger partial charge on any atom is 0.232 e. The molecule has 0 fully saturated rings. The van der Waals surface area contributed by atoms with Gasteiger partial charge in [-0.15, -0.1) is 11.3 Å². The summed E-state index contributed by atoms with van der Waals surface area (Å²) in [5, 5.41) is 2.61. The highest BCUT2D eigenvalue weighted by atomic mass is 32.2. The van der Waals surface area contributed by atoms with E-state index >= 15 is 0 Å². The van der Waals surface area contributed by atoms with Crippen LogP contribution in [0.25, 0.3) is 31.9 Å². The summed E-state index contributed by atoms with van der Waals surface area (Å²) in [7, 11) is 0. The maximum absolute atomic E-state index is 12.7. The number of carbonyl (C=O) groups is 1. The number of nitrogens with zero attached hydrogens (tertiary/aromatic N) is 4. The number of thioether (sulfide) groups is 2. The summed E-state index contributed by atoms with van der Waals surface area (Å²) in [5.41, 5.74) is 3.71. The van der Waals surface area contributed by atoms with Gasteiger partial charge in [-0.25, -0.2) is 15.0 Å². The van der Waals surface area contributed by atoms with E-state index in [1.807, 2.05) is 37.1 Å². The molecule has 0 N–H and O–H groups in total. The van der Waals surface area contributed by atoms with Crippen LogP contribution >= 0.6 is 34.9 Å². The number of thiophene rings is 1. The highest BCUT2D eigenvalue weighted by Crippen LogP contribution is 2.45. The Morgan fingerprint density at radius 1 is 1.20 bits per heavy atom. The molecule has 1 aliphatic heterocycles. The van der Waals surface area contributed by atoms with Crippen LogP contribution in [0.2, 0.25) is 0 Å². The van der Waals surface area contributed by atoms with Crippen LogP contribution < -0.4 is 0 Å². The average molecular weight is 529 g/mol. The minimum Gasteiger partial charge on any atom is -0.463 e. The predicted octanol–water partition coefficient (Wildman–Crippen LogP) is 6.03. The zero-order valence-electron chi connectivity index (χ0n) is 20.5. The second kappa shape index (κ2) is 9.72. The van der Waals surface area contributed by atoms with Crippen molar-refractivity contribution in [3.63, 3.8) is 0 Å². The van der Waals surface area contributed by atoms with Crippen molar-refractivity contribution in [3.05, 3.63) is 29.5 Å². The number of hydrogen-bond acceptors (Lipinski definition) is 9. The van der Waals surface area contributed by atoms with Gasteiger partial charge < -0.3 is 14.1 Å². The number of hydrogen-bond donors (Lipinski definition) is 0. The summed E-state index contributed by atoms with van der Waals surface area (Å²) < 4.78 is 12.9. The van der Waals surface area contributed by atoms with Crippen molar-refractivity contribution >= 4 is 61.2 Å². The van der Waals surface area contributed by atoms with Gasteiger partial charge in [-0.05, 0) is 51.6 Å². The first-order valence-electron chi connectivity index (χ1n) is 11.6. The molecule has 5 rings (SSSR count). The lowest BCUT2D eigenvalue weighted by Gasteiger charge is -2.32. The summed E-state index contributed by atoms with van der Waals surface area (Å²) >= 11 is 4.59. The number of ether oxygens (including phenoxy) is 1. The monoisotopic (exact) mass is 528 g/mol. The summed E-state index contributed by atoms with van der Waals surface area (Å²) in [6.45, 7) is 10.1. The number of rotatable bonds is 7. The molecular weight excluding hydrogens is 501 g/mol. The average Bonchev–Trinajstić information content (AvgIpc) is 3.50. The molecule has 4 aromatic rings. The van der Waals surface area contributed by atoms with Crippen molar-refractivity contribution in [2.45, 2.75) is 56.5 Å². The van der Waals surface area contributed by atoms with Gasteiger partial charge in [-0.1, -0.05) is 23.5 Å². The molecule has 0 spiro atoms. The topological polar surface area (TPSA) is 81.4 Å². The summed E-state index contributed by atoms with van der Waals surface area (Å²) in [4.78, 5) is 30.2. The SMILES string of the molecule is CCN(CC)C(=O)CSc1nc(SC)nc2c1sc1nc(-c3ccco3)c3c(c12)CC(C)(C)OC3. The Labute approximate surface area is 217 Å². The normalized spacial score (nSPS) is 15.0. The van der Waals surface area contributed by atoms with Crippen LogP contribution in [0.5, 0.6) is 0 Å². The van der Waals surface area contributed by atoms with E-state index in [1.54, 1.807) is 17.6 Å². The molecular formula is C25H28N4O3S3. The van der Waals surface area contributed by atoms with Gasteiger partial charge in [0.15, 0.2) is 10.9 Å². The molecule has 0 unspecified atom stereocenters. The Hall–Kier alpha value is -2.14. The summed E-state index contributed by atoms with van der Waals surface area (Å²) in [6, 6.07) is 3.82. The zero-order chi connectivity index (χ0) is 24.7. The van der Waals surface area contributed by atoms with Gasteiger partial charge >= 0.3 is 0 Å². The predicted molar refractivity (Wildman–Crippen MR) is 143 cm³/mol. The van der Waals surface area contributed by atoms with Crippen molar-refractivity contribution in [2.75, 3.05) is 25.1 Å². The van der Waals surface area contributed by atoms with Gasteiger partial charge in [0.05, 0.1) is 34.4 Å². The number of aromatic nitrogens is 3. The molecule has 10 heteroatoms. The number of furan rings is 1. The van der Waals surface area contributed by atoms with Crippen molar-refractivity contribution in [3.8, 4) is 11.5 Å². The molecule has 184 valence electrons. The molecule has 0 saturated carbocycles. The van der Waals surface area contributed by atoms with E-state index in [0.29, 0.717) is 30.6 Å². The first-order chi connectivity index (χ1) is 16.8. The quantitative estimate of drug-likeness (QED) is 0.163. The number of carbonyl (C=O) groups excluding carboxylic acids is 1. The lowest BCUT2D eigenvalue weighted by Crippen LogP contribution is -2.32. The van der Waals surface area contributed by atoms with Gasteiger partial charge in [0.2, 0.25) is 5.91 Å². The van der Waals surface area contributed by atoms with E-state index in [9.17, 15) is 4.79 Å². The van der Waals surface area contributed by atoms with Crippen LogP contribution in [0.1, 0.15) is 38.8 Å².